The van der Waals surface area contributed by atoms with Crippen LogP contribution < -0.4 is 5.32 Å². The zero-order valence-corrected chi connectivity index (χ0v) is 9.54. The molecular formula is C13H17FN2. The average molecular weight is 220 g/mol. The molecule has 3 heterocycles. The molecule has 2 aliphatic heterocycles. The summed E-state index contributed by atoms with van der Waals surface area (Å²) in [4.78, 5) is 4.27. The number of alkyl halides is 1. The molecule has 16 heavy (non-hydrogen) atoms. The summed E-state index contributed by atoms with van der Waals surface area (Å²) >= 11 is 0. The molecule has 0 radical (unpaired) electrons. The number of aryl methyl sites for hydroxylation is 1. The van der Waals surface area contributed by atoms with Crippen LogP contribution in [0.5, 0.6) is 0 Å². The summed E-state index contributed by atoms with van der Waals surface area (Å²) < 4.78 is 15.0. The molecule has 0 aromatic carbocycles. The second-order valence-electron chi connectivity index (χ2n) is 5.18. The van der Waals surface area contributed by atoms with Gasteiger partial charge in [0, 0.05) is 31.1 Å². The highest BCUT2D eigenvalue weighted by Crippen LogP contribution is 2.43. The van der Waals surface area contributed by atoms with E-state index in [4.69, 9.17) is 0 Å². The Morgan fingerprint density at radius 1 is 1.38 bits per heavy atom. The number of aromatic nitrogens is 1. The van der Waals surface area contributed by atoms with Crippen LogP contribution in [0, 0.1) is 6.92 Å². The molecule has 86 valence electrons. The van der Waals surface area contributed by atoms with Gasteiger partial charge in [-0.3, -0.25) is 4.98 Å². The molecule has 2 atom stereocenters. The summed E-state index contributed by atoms with van der Waals surface area (Å²) in [7, 11) is 0. The average Bonchev–Trinajstić information content (AvgIpc) is 2.59. The van der Waals surface area contributed by atoms with Gasteiger partial charge >= 0.3 is 0 Å². The van der Waals surface area contributed by atoms with Gasteiger partial charge in [-0.15, -0.1) is 0 Å². The van der Waals surface area contributed by atoms with Gasteiger partial charge in [0.2, 0.25) is 0 Å². The normalized spacial score (nSPS) is 37.6. The van der Waals surface area contributed by atoms with E-state index in [1.807, 2.05) is 19.1 Å². The number of halogens is 1. The Hall–Kier alpha value is -0.960. The molecular weight excluding hydrogens is 203 g/mol. The van der Waals surface area contributed by atoms with E-state index in [0.717, 1.165) is 18.4 Å². The molecule has 1 aromatic heterocycles. The first-order valence-corrected chi connectivity index (χ1v) is 6.04. The summed E-state index contributed by atoms with van der Waals surface area (Å²) in [5, 5.41) is 3.47. The van der Waals surface area contributed by atoms with Crippen molar-refractivity contribution in [2.45, 2.75) is 50.4 Å². The van der Waals surface area contributed by atoms with Crippen molar-refractivity contribution in [1.82, 2.24) is 10.3 Å². The highest BCUT2D eigenvalue weighted by Gasteiger charge is 2.46. The molecule has 0 amide bonds. The van der Waals surface area contributed by atoms with Crippen LogP contribution in [-0.4, -0.2) is 17.1 Å². The maximum atomic E-state index is 15.0. The molecule has 1 N–H and O–H groups in total. The Morgan fingerprint density at radius 2 is 2.06 bits per heavy atom. The van der Waals surface area contributed by atoms with E-state index in [2.05, 4.69) is 10.3 Å². The molecule has 2 nitrogen and oxygen atoms in total. The van der Waals surface area contributed by atoms with E-state index in [1.165, 1.54) is 0 Å². The number of nitrogens with zero attached hydrogens (tertiary/aromatic N) is 1. The van der Waals surface area contributed by atoms with Crippen LogP contribution in [0.3, 0.4) is 0 Å². The Kier molecular flexibility index (Phi) is 2.25. The van der Waals surface area contributed by atoms with Crippen molar-refractivity contribution in [3.8, 4) is 0 Å². The van der Waals surface area contributed by atoms with Crippen LogP contribution in [0.15, 0.2) is 18.3 Å². The van der Waals surface area contributed by atoms with Crippen molar-refractivity contribution >= 4 is 0 Å². The van der Waals surface area contributed by atoms with Gasteiger partial charge in [-0.2, -0.15) is 0 Å². The highest BCUT2D eigenvalue weighted by molar-refractivity contribution is 5.26. The third-order valence-corrected chi connectivity index (χ3v) is 3.91. The zero-order valence-electron chi connectivity index (χ0n) is 9.54. The molecule has 0 saturated carbocycles. The van der Waals surface area contributed by atoms with Gasteiger partial charge in [-0.1, -0.05) is 6.07 Å². The minimum Gasteiger partial charge on any atom is -0.311 e. The van der Waals surface area contributed by atoms with Crippen LogP contribution in [0.1, 0.15) is 36.9 Å². The predicted octanol–water partition coefficient (Wildman–Crippen LogP) is 2.47. The lowest BCUT2D eigenvalue weighted by atomic mass is 9.84. The summed E-state index contributed by atoms with van der Waals surface area (Å²) in [5.74, 6) is 0. The number of hydrogen-bond acceptors (Lipinski definition) is 2. The molecule has 3 heteroatoms. The lowest BCUT2D eigenvalue weighted by Gasteiger charge is -2.35. The van der Waals surface area contributed by atoms with Gasteiger partial charge in [0.05, 0.1) is 5.69 Å². The van der Waals surface area contributed by atoms with E-state index in [1.54, 1.807) is 6.20 Å². The van der Waals surface area contributed by atoms with Crippen LogP contribution >= 0.6 is 0 Å². The Morgan fingerprint density at radius 3 is 2.69 bits per heavy atom. The molecule has 2 bridgehead atoms. The van der Waals surface area contributed by atoms with Crippen molar-refractivity contribution in [3.63, 3.8) is 0 Å². The topological polar surface area (TPSA) is 24.9 Å². The van der Waals surface area contributed by atoms with Crippen molar-refractivity contribution in [3.05, 3.63) is 29.6 Å². The van der Waals surface area contributed by atoms with Crippen LogP contribution in [-0.2, 0) is 5.67 Å². The number of fused-ring (bicyclic) bond motifs is 2. The molecule has 3 rings (SSSR count). The van der Waals surface area contributed by atoms with Crippen molar-refractivity contribution in [2.24, 2.45) is 0 Å². The second kappa shape index (κ2) is 3.52. The molecule has 0 aliphatic carbocycles. The Balaban J connectivity index is 1.96. The van der Waals surface area contributed by atoms with Crippen molar-refractivity contribution in [2.75, 3.05) is 0 Å². The first kappa shape index (κ1) is 10.2. The summed E-state index contributed by atoms with van der Waals surface area (Å²) in [6.07, 6.45) is 5.10. The minimum absolute atomic E-state index is 0.352. The van der Waals surface area contributed by atoms with Crippen LogP contribution in [0.2, 0.25) is 0 Å². The van der Waals surface area contributed by atoms with Crippen molar-refractivity contribution in [1.29, 1.82) is 0 Å². The van der Waals surface area contributed by atoms with E-state index in [0.29, 0.717) is 30.6 Å². The second-order valence-corrected chi connectivity index (χ2v) is 5.18. The lowest BCUT2D eigenvalue weighted by Crippen LogP contribution is -2.45. The zero-order chi connectivity index (χ0) is 11.2. The molecule has 2 fully saturated rings. The standard InChI is InChI=1S/C13H17FN2/c1-9-3-2-6-15-12(9)13(14)7-10-4-5-11(8-13)16-10/h2-3,6,10-11,16H,4-5,7-8H2,1H3. The third-order valence-electron chi connectivity index (χ3n) is 3.91. The van der Waals surface area contributed by atoms with Gasteiger partial charge in [0.1, 0.15) is 0 Å². The number of hydrogen-bond donors (Lipinski definition) is 1. The molecule has 1 aromatic rings. The summed E-state index contributed by atoms with van der Waals surface area (Å²) in [5.41, 5.74) is 0.433. The number of nitrogens with one attached hydrogen (secondary N) is 1. The molecule has 2 unspecified atom stereocenters. The maximum Gasteiger partial charge on any atom is 0.155 e. The van der Waals surface area contributed by atoms with E-state index < -0.39 is 5.67 Å². The summed E-state index contributed by atoms with van der Waals surface area (Å²) in [6.45, 7) is 1.95. The largest absolute Gasteiger partial charge is 0.311 e. The molecule has 0 spiro atoms. The predicted molar refractivity (Wildman–Crippen MR) is 60.9 cm³/mol. The number of pyridine rings is 1. The highest BCUT2D eigenvalue weighted by atomic mass is 19.1. The van der Waals surface area contributed by atoms with Gasteiger partial charge in [0.15, 0.2) is 5.67 Å². The fraction of sp³-hybridized carbons (Fsp3) is 0.615. The number of piperidine rings is 1. The maximum absolute atomic E-state index is 15.0. The van der Waals surface area contributed by atoms with E-state index >= 15 is 4.39 Å². The van der Waals surface area contributed by atoms with E-state index in [9.17, 15) is 0 Å². The first-order chi connectivity index (χ1) is 7.67. The van der Waals surface area contributed by atoms with Gasteiger partial charge in [-0.25, -0.2) is 4.39 Å². The third kappa shape index (κ3) is 1.54. The SMILES string of the molecule is Cc1cccnc1C1(F)CC2CCC(C1)N2. The molecule has 2 saturated heterocycles. The lowest BCUT2D eigenvalue weighted by molar-refractivity contribution is 0.0819. The summed E-state index contributed by atoms with van der Waals surface area (Å²) in [6, 6.07) is 4.53. The van der Waals surface area contributed by atoms with Gasteiger partial charge in [-0.05, 0) is 31.4 Å². The Labute approximate surface area is 95.3 Å². The van der Waals surface area contributed by atoms with Gasteiger partial charge < -0.3 is 5.32 Å². The molecule has 2 aliphatic rings. The fourth-order valence-corrected chi connectivity index (χ4v) is 3.24. The van der Waals surface area contributed by atoms with Crippen LogP contribution in [0.4, 0.5) is 4.39 Å². The van der Waals surface area contributed by atoms with Crippen LogP contribution in [0.25, 0.3) is 0 Å². The first-order valence-electron chi connectivity index (χ1n) is 6.04. The Bertz CT molecular complexity index is 393. The fourth-order valence-electron chi connectivity index (χ4n) is 3.24. The minimum atomic E-state index is -1.21. The van der Waals surface area contributed by atoms with Gasteiger partial charge in [0.25, 0.3) is 0 Å². The van der Waals surface area contributed by atoms with Crippen molar-refractivity contribution < 1.29 is 4.39 Å². The van der Waals surface area contributed by atoms with E-state index in [-0.39, 0.29) is 0 Å². The smallest absolute Gasteiger partial charge is 0.155 e. The quantitative estimate of drug-likeness (QED) is 0.786. The number of rotatable bonds is 1. The monoisotopic (exact) mass is 220 g/mol.